The van der Waals surface area contributed by atoms with E-state index in [2.05, 4.69) is 5.32 Å². The molecular weight excluding hydrogens is 428 g/mol. The molecule has 0 aromatic heterocycles. The van der Waals surface area contributed by atoms with E-state index in [1.807, 2.05) is 0 Å². The molecule has 3 rings (SSSR count). The lowest BCUT2D eigenvalue weighted by atomic mass is 10.2. The van der Waals surface area contributed by atoms with Gasteiger partial charge in [0.25, 0.3) is 5.91 Å². The van der Waals surface area contributed by atoms with Crippen molar-refractivity contribution in [3.8, 4) is 11.5 Å². The zero-order valence-corrected chi connectivity index (χ0v) is 17.3. The summed E-state index contributed by atoms with van der Waals surface area (Å²) >= 11 is 6.31. The summed E-state index contributed by atoms with van der Waals surface area (Å²) in [7, 11) is 1.56. The highest BCUT2D eigenvalue weighted by Gasteiger charge is 2.33. The molecule has 0 atom stereocenters. The first kappa shape index (κ1) is 21.3. The average Bonchev–Trinajstić information content (AvgIpc) is 2.97. The fourth-order valence-electron chi connectivity index (χ4n) is 2.62. The Balaban J connectivity index is 1.69. The summed E-state index contributed by atoms with van der Waals surface area (Å²) in [5, 5.41) is 21.1. The van der Waals surface area contributed by atoms with Gasteiger partial charge < -0.3 is 20.3 Å². The van der Waals surface area contributed by atoms with Crippen LogP contribution in [0.15, 0.2) is 47.4 Å². The van der Waals surface area contributed by atoms with Crippen LogP contribution in [0, 0.1) is 0 Å². The molecule has 30 heavy (non-hydrogen) atoms. The number of rotatable bonds is 6. The fraction of sp³-hybridized carbons (Fsp3) is 0.100. The van der Waals surface area contributed by atoms with Gasteiger partial charge in [0, 0.05) is 5.69 Å². The van der Waals surface area contributed by atoms with Crippen molar-refractivity contribution >= 4 is 57.8 Å². The normalized spacial score (nSPS) is 14.8. The van der Waals surface area contributed by atoms with Gasteiger partial charge in [-0.3, -0.25) is 14.5 Å². The van der Waals surface area contributed by atoms with Crippen LogP contribution in [-0.2, 0) is 9.59 Å². The number of anilines is 1. The molecule has 0 spiro atoms. The summed E-state index contributed by atoms with van der Waals surface area (Å²) in [6.45, 7) is -0.325. The molecule has 0 radical (unpaired) electrons. The van der Waals surface area contributed by atoms with Crippen LogP contribution in [-0.4, -0.2) is 50.9 Å². The van der Waals surface area contributed by atoms with Crippen molar-refractivity contribution in [2.75, 3.05) is 19.0 Å². The SMILES string of the molecule is COc1ccc(C=C2SC(=S)N(CC(=O)Nc3ccc(O)c(C(=O)O)c3)C2=O)cc1. The lowest BCUT2D eigenvalue weighted by molar-refractivity contribution is -0.126. The third kappa shape index (κ3) is 4.78. The zero-order valence-electron chi connectivity index (χ0n) is 15.6. The molecule has 0 unspecified atom stereocenters. The Hall–Kier alpha value is -3.37. The number of benzene rings is 2. The number of hydrogen-bond donors (Lipinski definition) is 3. The van der Waals surface area contributed by atoms with E-state index in [0.29, 0.717) is 10.7 Å². The number of nitrogens with zero attached hydrogens (tertiary/aromatic N) is 1. The molecule has 8 nitrogen and oxygen atoms in total. The second-order valence-corrected chi connectivity index (χ2v) is 7.80. The number of hydrogen-bond acceptors (Lipinski definition) is 7. The maximum Gasteiger partial charge on any atom is 0.339 e. The molecule has 2 aromatic rings. The van der Waals surface area contributed by atoms with E-state index in [9.17, 15) is 19.5 Å². The Morgan fingerprint density at radius 3 is 2.57 bits per heavy atom. The van der Waals surface area contributed by atoms with Crippen LogP contribution in [0.2, 0.25) is 0 Å². The Bertz CT molecular complexity index is 1070. The van der Waals surface area contributed by atoms with Crippen LogP contribution in [0.25, 0.3) is 6.08 Å². The molecule has 0 bridgehead atoms. The highest BCUT2D eigenvalue weighted by molar-refractivity contribution is 8.26. The second-order valence-electron chi connectivity index (χ2n) is 6.13. The van der Waals surface area contributed by atoms with Crippen LogP contribution < -0.4 is 10.1 Å². The highest BCUT2D eigenvalue weighted by Crippen LogP contribution is 2.32. The smallest absolute Gasteiger partial charge is 0.339 e. The lowest BCUT2D eigenvalue weighted by Gasteiger charge is -2.14. The quantitative estimate of drug-likeness (QED) is 0.354. The van der Waals surface area contributed by atoms with Gasteiger partial charge >= 0.3 is 5.97 Å². The summed E-state index contributed by atoms with van der Waals surface area (Å²) in [5.74, 6) is -2.01. The van der Waals surface area contributed by atoms with Crippen LogP contribution in [0.5, 0.6) is 11.5 Å². The Labute approximate surface area is 181 Å². The first-order chi connectivity index (χ1) is 14.3. The Morgan fingerprint density at radius 1 is 1.23 bits per heavy atom. The van der Waals surface area contributed by atoms with E-state index < -0.39 is 23.5 Å². The standard InChI is InChI=1S/C20H16N2O6S2/c1-28-13-5-2-11(3-6-13)8-16-18(25)22(20(29)30-16)10-17(24)21-12-4-7-15(23)14(9-12)19(26)27/h2-9,23H,10H2,1H3,(H,21,24)(H,26,27). The number of nitrogens with one attached hydrogen (secondary N) is 1. The molecule has 3 N–H and O–H groups in total. The number of carbonyl (C=O) groups excluding carboxylic acids is 2. The number of carboxylic acid groups (broad SMARTS) is 1. The van der Waals surface area contributed by atoms with Gasteiger partial charge in [-0.05, 0) is 42.0 Å². The molecular formula is C20H16N2O6S2. The highest BCUT2D eigenvalue weighted by atomic mass is 32.2. The number of carboxylic acids is 1. The lowest BCUT2D eigenvalue weighted by Crippen LogP contribution is -2.36. The van der Waals surface area contributed by atoms with E-state index in [1.165, 1.54) is 11.0 Å². The van der Waals surface area contributed by atoms with Crippen molar-refractivity contribution in [2.45, 2.75) is 0 Å². The average molecular weight is 444 g/mol. The largest absolute Gasteiger partial charge is 0.507 e. The number of amides is 2. The molecule has 10 heteroatoms. The third-order valence-electron chi connectivity index (χ3n) is 4.10. The van der Waals surface area contributed by atoms with Gasteiger partial charge in [-0.15, -0.1) is 0 Å². The van der Waals surface area contributed by atoms with E-state index in [0.717, 1.165) is 29.5 Å². The summed E-state index contributed by atoms with van der Waals surface area (Å²) in [6, 6.07) is 10.8. The number of ether oxygens (including phenoxy) is 1. The minimum absolute atomic E-state index is 0.175. The Morgan fingerprint density at radius 2 is 1.93 bits per heavy atom. The molecule has 0 saturated carbocycles. The van der Waals surface area contributed by atoms with Crippen molar-refractivity contribution in [3.05, 3.63) is 58.5 Å². The van der Waals surface area contributed by atoms with Gasteiger partial charge in [-0.1, -0.05) is 36.1 Å². The number of thioether (sulfide) groups is 1. The van der Waals surface area contributed by atoms with E-state index in [1.54, 1.807) is 37.5 Å². The minimum atomic E-state index is -1.33. The van der Waals surface area contributed by atoms with Gasteiger partial charge in [0.2, 0.25) is 5.91 Å². The van der Waals surface area contributed by atoms with Crippen LogP contribution in [0.1, 0.15) is 15.9 Å². The maximum absolute atomic E-state index is 12.7. The first-order valence-electron chi connectivity index (χ1n) is 8.54. The maximum atomic E-state index is 12.7. The van der Waals surface area contributed by atoms with Gasteiger partial charge in [-0.25, -0.2) is 4.79 Å². The van der Waals surface area contributed by atoms with E-state index in [-0.39, 0.29) is 22.1 Å². The predicted octanol–water partition coefficient (Wildman–Crippen LogP) is 2.94. The van der Waals surface area contributed by atoms with Crippen molar-refractivity contribution < 1.29 is 29.3 Å². The monoisotopic (exact) mass is 444 g/mol. The number of aromatic carboxylic acids is 1. The van der Waals surface area contributed by atoms with Crippen molar-refractivity contribution in [2.24, 2.45) is 0 Å². The number of phenols is 1. The van der Waals surface area contributed by atoms with E-state index >= 15 is 0 Å². The fourth-order valence-corrected chi connectivity index (χ4v) is 3.87. The number of carbonyl (C=O) groups is 3. The van der Waals surface area contributed by atoms with Crippen molar-refractivity contribution in [3.63, 3.8) is 0 Å². The number of aromatic hydroxyl groups is 1. The molecule has 1 saturated heterocycles. The van der Waals surface area contributed by atoms with Crippen molar-refractivity contribution in [1.29, 1.82) is 0 Å². The molecule has 1 aliphatic heterocycles. The zero-order chi connectivity index (χ0) is 21.8. The predicted molar refractivity (Wildman–Crippen MR) is 117 cm³/mol. The topological polar surface area (TPSA) is 116 Å². The molecule has 2 aromatic carbocycles. The summed E-state index contributed by atoms with van der Waals surface area (Å²) in [4.78, 5) is 37.6. The van der Waals surface area contributed by atoms with Crippen molar-refractivity contribution in [1.82, 2.24) is 4.90 Å². The number of methoxy groups -OCH3 is 1. The van der Waals surface area contributed by atoms with Crippen LogP contribution >= 0.6 is 24.0 Å². The molecule has 154 valence electrons. The summed E-state index contributed by atoms with van der Waals surface area (Å²) < 4.78 is 5.34. The van der Waals surface area contributed by atoms with E-state index in [4.69, 9.17) is 22.1 Å². The molecule has 0 aliphatic carbocycles. The minimum Gasteiger partial charge on any atom is -0.507 e. The summed E-state index contributed by atoms with van der Waals surface area (Å²) in [6.07, 6.45) is 1.68. The van der Waals surface area contributed by atoms with Gasteiger partial charge in [0.1, 0.15) is 27.9 Å². The first-order valence-corrected chi connectivity index (χ1v) is 9.76. The molecule has 2 amide bonds. The molecule has 1 fully saturated rings. The van der Waals surface area contributed by atoms with Gasteiger partial charge in [-0.2, -0.15) is 0 Å². The third-order valence-corrected chi connectivity index (χ3v) is 5.48. The summed E-state index contributed by atoms with van der Waals surface area (Å²) in [5.41, 5.74) is 0.612. The molecule has 1 aliphatic rings. The van der Waals surface area contributed by atoms with Gasteiger partial charge in [0.05, 0.1) is 12.0 Å². The van der Waals surface area contributed by atoms with Gasteiger partial charge in [0.15, 0.2) is 0 Å². The van der Waals surface area contributed by atoms with Crippen LogP contribution in [0.4, 0.5) is 5.69 Å². The molecule has 1 heterocycles. The number of thiocarbonyl (C=S) groups is 1. The second kappa shape index (κ2) is 8.97. The Kier molecular flexibility index (Phi) is 6.38. The van der Waals surface area contributed by atoms with Crippen LogP contribution in [0.3, 0.4) is 0 Å².